The summed E-state index contributed by atoms with van der Waals surface area (Å²) in [5.74, 6) is -1.16. The number of aromatic nitrogens is 2. The number of carboxylic acid groups (broad SMARTS) is 1. The Hall–Kier alpha value is -2.98. The van der Waals surface area contributed by atoms with Crippen LogP contribution < -0.4 is 5.11 Å². The summed E-state index contributed by atoms with van der Waals surface area (Å²) in [5, 5.41) is 24.6. The Kier molecular flexibility index (Phi) is 10.5. The number of hydrogen-bond donors (Lipinski definition) is 2. The van der Waals surface area contributed by atoms with Gasteiger partial charge in [0.15, 0.2) is 5.34 Å². The minimum absolute atomic E-state index is 0.244. The van der Waals surface area contributed by atoms with Crippen LogP contribution in [0.15, 0.2) is 66.0 Å². The second-order valence-electron chi connectivity index (χ2n) is 6.70. The van der Waals surface area contributed by atoms with Crippen LogP contribution >= 0.6 is 24.2 Å². The Labute approximate surface area is 184 Å². The third-order valence-corrected chi connectivity index (χ3v) is 4.43. The average Bonchev–Trinajstić information content (AvgIpc) is 3.15. The van der Waals surface area contributed by atoms with Gasteiger partial charge in [0, 0.05) is 5.88 Å². The summed E-state index contributed by atoms with van der Waals surface area (Å²) in [6.45, 7) is 5.28. The van der Waals surface area contributed by atoms with E-state index in [2.05, 4.69) is 32.4 Å². The van der Waals surface area contributed by atoms with Gasteiger partial charge in [0.05, 0.1) is 4.88 Å². The topological polar surface area (TPSA) is 125 Å². The molecule has 1 aromatic heterocycles. The third-order valence-electron chi connectivity index (χ3n) is 3.15. The molecule has 160 valence electrons. The van der Waals surface area contributed by atoms with Gasteiger partial charge < -0.3 is 15.1 Å². The van der Waals surface area contributed by atoms with Gasteiger partial charge in [-0.25, -0.2) is 0 Å². The maximum absolute atomic E-state index is 11.1. The molecule has 0 fully saturated rings. The molecule has 0 bridgehead atoms. The summed E-state index contributed by atoms with van der Waals surface area (Å²) in [7, 11) is 0. The highest BCUT2D eigenvalue weighted by atomic mass is 32.1. The molecule has 1 N–H and O–H groups in total. The van der Waals surface area contributed by atoms with Crippen molar-refractivity contribution in [2.24, 2.45) is 5.34 Å². The molecule has 30 heavy (non-hydrogen) atoms. The lowest BCUT2D eigenvalue weighted by Gasteiger charge is -2.11. The van der Waals surface area contributed by atoms with E-state index in [1.165, 1.54) is 0 Å². The summed E-state index contributed by atoms with van der Waals surface area (Å²) in [6, 6.07) is 18.3. The second-order valence-corrected chi connectivity index (χ2v) is 7.97. The van der Waals surface area contributed by atoms with Gasteiger partial charge in [0.25, 0.3) is 0 Å². The molecule has 2 aromatic carbocycles. The first kappa shape index (κ1) is 25.1. The molecule has 0 saturated heterocycles. The fourth-order valence-corrected chi connectivity index (χ4v) is 2.57. The Morgan fingerprint density at radius 2 is 1.67 bits per heavy atom. The molecule has 3 aromatic rings. The fourth-order valence-electron chi connectivity index (χ4n) is 1.84. The third kappa shape index (κ3) is 9.48. The number of carbonyl (C=O) groups is 1. The molecule has 1 atom stereocenters. The number of hydrogen-bond acceptors (Lipinski definition) is 9. The van der Waals surface area contributed by atoms with E-state index in [1.54, 1.807) is 45.0 Å². The Balaban J connectivity index is 0.000000234. The summed E-state index contributed by atoms with van der Waals surface area (Å²) < 4.78 is 3.58. The molecule has 8 nitrogen and oxygen atoms in total. The standard InChI is InChI=1S/C8H6N2OS.C8H8O2S.C4H9NO2/c11-8-7(12-10-9-8)6-4-2-1-3-5-6;9-8(10)7(11)6-4-2-1-3-5-6;1-4(2,3)7-5-6/h1-5,11H;1-5,7,11H,(H,9,10);1-3H3/p-1. The van der Waals surface area contributed by atoms with E-state index in [0.717, 1.165) is 17.1 Å². The lowest BCUT2D eigenvalue weighted by molar-refractivity contribution is -0.273. The van der Waals surface area contributed by atoms with Crippen LogP contribution in [0.1, 0.15) is 31.6 Å². The average molecular weight is 449 g/mol. The highest BCUT2D eigenvalue weighted by molar-refractivity contribution is 7.81. The first-order valence-corrected chi connectivity index (χ1v) is 9.96. The zero-order valence-electron chi connectivity index (χ0n) is 16.6. The van der Waals surface area contributed by atoms with Gasteiger partial charge in [0.1, 0.15) is 10.9 Å². The summed E-state index contributed by atoms with van der Waals surface area (Å²) in [6.07, 6.45) is 0. The van der Waals surface area contributed by atoms with Gasteiger partial charge in [0.2, 0.25) is 0 Å². The largest absolute Gasteiger partial charge is 0.856 e. The maximum Gasteiger partial charge on any atom is 0.320 e. The molecule has 10 heteroatoms. The zero-order valence-corrected chi connectivity index (χ0v) is 18.3. The number of nitrogens with zero attached hydrogens (tertiary/aromatic N) is 3. The van der Waals surface area contributed by atoms with Crippen LogP contribution in [0.2, 0.25) is 0 Å². The van der Waals surface area contributed by atoms with E-state index in [-0.39, 0.29) is 5.88 Å². The number of carboxylic acids is 1. The van der Waals surface area contributed by atoms with E-state index < -0.39 is 16.8 Å². The van der Waals surface area contributed by atoms with Crippen LogP contribution in [0.4, 0.5) is 0 Å². The molecule has 0 aliphatic carbocycles. The van der Waals surface area contributed by atoms with Gasteiger partial charge >= 0.3 is 5.97 Å². The molecule has 3 rings (SSSR count). The molecule has 0 spiro atoms. The van der Waals surface area contributed by atoms with Crippen LogP contribution in [0.5, 0.6) is 5.88 Å². The van der Waals surface area contributed by atoms with Crippen molar-refractivity contribution in [1.29, 1.82) is 0 Å². The molecule has 0 radical (unpaired) electrons. The van der Waals surface area contributed by atoms with Gasteiger partial charge in [-0.2, -0.15) is 17.7 Å². The van der Waals surface area contributed by atoms with Crippen molar-refractivity contribution in [2.45, 2.75) is 31.6 Å². The number of aliphatic carboxylic acids is 1. The van der Waals surface area contributed by atoms with Crippen molar-refractivity contribution in [1.82, 2.24) is 9.59 Å². The van der Waals surface area contributed by atoms with E-state index in [4.69, 9.17) is 5.11 Å². The van der Waals surface area contributed by atoms with E-state index >= 15 is 0 Å². The van der Waals surface area contributed by atoms with Crippen molar-refractivity contribution >= 4 is 30.1 Å². The molecule has 0 aliphatic heterocycles. The van der Waals surface area contributed by atoms with Crippen molar-refractivity contribution in [3.05, 3.63) is 71.1 Å². The maximum atomic E-state index is 11.1. The van der Waals surface area contributed by atoms with Crippen molar-refractivity contribution < 1.29 is 19.8 Å². The predicted octanol–water partition coefficient (Wildman–Crippen LogP) is 4.50. The molecular formula is C20H22N3O5S2-. The Morgan fingerprint density at radius 3 is 2.03 bits per heavy atom. The van der Waals surface area contributed by atoms with Crippen molar-refractivity contribution in [3.8, 4) is 16.3 Å². The normalized spacial score (nSPS) is 11.1. The minimum atomic E-state index is -0.917. The predicted molar refractivity (Wildman–Crippen MR) is 117 cm³/mol. The van der Waals surface area contributed by atoms with Crippen molar-refractivity contribution in [3.63, 3.8) is 0 Å². The van der Waals surface area contributed by atoms with Crippen LogP contribution in [-0.4, -0.2) is 26.3 Å². The smallest absolute Gasteiger partial charge is 0.320 e. The summed E-state index contributed by atoms with van der Waals surface area (Å²) in [5.41, 5.74) is 1.17. The molecule has 1 unspecified atom stereocenters. The second kappa shape index (κ2) is 12.6. The van der Waals surface area contributed by atoms with Gasteiger partial charge in [-0.1, -0.05) is 65.2 Å². The minimum Gasteiger partial charge on any atom is -0.856 e. The number of rotatable bonds is 4. The molecule has 0 amide bonds. The van der Waals surface area contributed by atoms with Gasteiger partial charge in [-0.05, 0) is 43.4 Å². The first-order chi connectivity index (χ1) is 14.2. The van der Waals surface area contributed by atoms with E-state index in [9.17, 15) is 14.8 Å². The summed E-state index contributed by atoms with van der Waals surface area (Å²) in [4.78, 5) is 24.7. The van der Waals surface area contributed by atoms with E-state index in [0.29, 0.717) is 10.4 Å². The van der Waals surface area contributed by atoms with Crippen LogP contribution in [0, 0.1) is 4.91 Å². The SMILES string of the molecule is CC(C)(C)ON=O.O=C(O)C(S)c1ccccc1.[O-]c1nnsc1-c1ccccc1. The number of thiol groups is 1. The fraction of sp³-hybridized carbons (Fsp3) is 0.250. The monoisotopic (exact) mass is 448 g/mol. The quantitative estimate of drug-likeness (QED) is 0.342. The van der Waals surface area contributed by atoms with Crippen LogP contribution in [0.25, 0.3) is 10.4 Å². The lowest BCUT2D eigenvalue weighted by Crippen LogP contribution is -2.14. The zero-order chi connectivity index (χ0) is 22.6. The highest BCUT2D eigenvalue weighted by Gasteiger charge is 2.13. The summed E-state index contributed by atoms with van der Waals surface area (Å²) >= 11 is 5.04. The van der Waals surface area contributed by atoms with Gasteiger partial charge in [-0.15, -0.1) is 4.91 Å². The first-order valence-electron chi connectivity index (χ1n) is 8.67. The van der Waals surface area contributed by atoms with E-state index in [1.807, 2.05) is 36.4 Å². The molecule has 1 heterocycles. The highest BCUT2D eigenvalue weighted by Crippen LogP contribution is 2.27. The van der Waals surface area contributed by atoms with Crippen molar-refractivity contribution in [2.75, 3.05) is 0 Å². The molecule has 0 aliphatic rings. The molecular weight excluding hydrogens is 426 g/mol. The molecule has 0 saturated carbocycles. The number of benzene rings is 2. The Bertz CT molecular complexity index is 900. The Morgan fingerprint density at radius 1 is 1.13 bits per heavy atom. The lowest BCUT2D eigenvalue weighted by atomic mass is 10.1. The van der Waals surface area contributed by atoms with Crippen LogP contribution in [-0.2, 0) is 9.63 Å². The van der Waals surface area contributed by atoms with Gasteiger partial charge in [-0.3, -0.25) is 4.79 Å². The van der Waals surface area contributed by atoms with Crippen LogP contribution in [0.3, 0.4) is 0 Å².